The van der Waals surface area contributed by atoms with Gasteiger partial charge >= 0.3 is 0 Å². The van der Waals surface area contributed by atoms with Crippen molar-refractivity contribution in [1.82, 2.24) is 5.32 Å². The summed E-state index contributed by atoms with van der Waals surface area (Å²) >= 11 is 0. The van der Waals surface area contributed by atoms with Crippen molar-refractivity contribution in [3.63, 3.8) is 0 Å². The van der Waals surface area contributed by atoms with Crippen LogP contribution in [0, 0.1) is 29.1 Å². The van der Waals surface area contributed by atoms with E-state index in [-0.39, 0.29) is 6.54 Å². The molecule has 0 aromatic heterocycles. The average molecular weight is 294 g/mol. The number of benzene rings is 1. The fourth-order valence-corrected chi connectivity index (χ4v) is 1.34. The van der Waals surface area contributed by atoms with Gasteiger partial charge in [0.15, 0.2) is 23.3 Å². The average Bonchev–Trinajstić information content (AvgIpc) is 2.44. The second kappa shape index (κ2) is 6.36. The van der Waals surface area contributed by atoms with Gasteiger partial charge in [0.05, 0.1) is 0 Å². The van der Waals surface area contributed by atoms with E-state index < -0.39 is 46.7 Å². The van der Waals surface area contributed by atoms with Crippen molar-refractivity contribution in [1.29, 1.82) is 0 Å². The topological polar surface area (TPSA) is 41.1 Å². The summed E-state index contributed by atoms with van der Waals surface area (Å²) in [6.07, 6.45) is 1.36. The molecule has 0 spiro atoms. The standard InChI is InChI=1S/C12H11F5N2O/c1-3-4-18-12(20)5(2)19-11-9(16)7(14)6(13)8(15)10(11)17/h3,5,19H,1,4H2,2H3,(H,18,20). The highest BCUT2D eigenvalue weighted by molar-refractivity contribution is 5.84. The first-order chi connectivity index (χ1) is 9.31. The number of carbonyl (C=O) groups excluding carboxylic acids is 1. The van der Waals surface area contributed by atoms with Crippen molar-refractivity contribution in [3.8, 4) is 0 Å². The quantitative estimate of drug-likeness (QED) is 0.379. The molecule has 0 aliphatic rings. The van der Waals surface area contributed by atoms with Gasteiger partial charge in [-0.1, -0.05) is 6.08 Å². The van der Waals surface area contributed by atoms with Gasteiger partial charge in [0.25, 0.3) is 0 Å². The van der Waals surface area contributed by atoms with Gasteiger partial charge in [-0.2, -0.15) is 0 Å². The number of anilines is 1. The van der Waals surface area contributed by atoms with Crippen molar-refractivity contribution in [2.45, 2.75) is 13.0 Å². The maximum absolute atomic E-state index is 13.3. The third kappa shape index (κ3) is 3.06. The van der Waals surface area contributed by atoms with E-state index in [2.05, 4.69) is 11.9 Å². The predicted molar refractivity (Wildman–Crippen MR) is 62.5 cm³/mol. The molecule has 1 aromatic carbocycles. The molecule has 2 N–H and O–H groups in total. The molecule has 0 bridgehead atoms. The number of nitrogens with one attached hydrogen (secondary N) is 2. The minimum atomic E-state index is -2.26. The lowest BCUT2D eigenvalue weighted by molar-refractivity contribution is -0.121. The van der Waals surface area contributed by atoms with Crippen molar-refractivity contribution in [2.24, 2.45) is 0 Å². The first-order valence-electron chi connectivity index (χ1n) is 5.47. The van der Waals surface area contributed by atoms with Crippen LogP contribution in [0.15, 0.2) is 12.7 Å². The summed E-state index contributed by atoms with van der Waals surface area (Å²) in [6.45, 7) is 4.65. The number of hydrogen-bond donors (Lipinski definition) is 2. The Hall–Kier alpha value is -2.12. The highest BCUT2D eigenvalue weighted by Crippen LogP contribution is 2.27. The molecule has 1 unspecified atom stereocenters. The van der Waals surface area contributed by atoms with Crippen LogP contribution in [0.2, 0.25) is 0 Å². The van der Waals surface area contributed by atoms with Gasteiger partial charge in [0.2, 0.25) is 11.7 Å². The molecule has 0 aliphatic carbocycles. The Balaban J connectivity index is 3.04. The van der Waals surface area contributed by atoms with E-state index in [0.29, 0.717) is 0 Å². The molecule has 0 radical (unpaired) electrons. The van der Waals surface area contributed by atoms with Crippen LogP contribution < -0.4 is 10.6 Å². The Labute approximate surface area is 111 Å². The zero-order valence-electron chi connectivity index (χ0n) is 10.4. The highest BCUT2D eigenvalue weighted by Gasteiger charge is 2.27. The molecular weight excluding hydrogens is 283 g/mol. The second-order valence-corrected chi connectivity index (χ2v) is 3.84. The molecule has 0 saturated heterocycles. The zero-order chi connectivity index (χ0) is 15.4. The van der Waals surface area contributed by atoms with Crippen LogP contribution in [0.4, 0.5) is 27.6 Å². The first-order valence-corrected chi connectivity index (χ1v) is 5.47. The second-order valence-electron chi connectivity index (χ2n) is 3.84. The van der Waals surface area contributed by atoms with E-state index in [1.54, 1.807) is 0 Å². The van der Waals surface area contributed by atoms with E-state index in [1.807, 2.05) is 5.32 Å². The van der Waals surface area contributed by atoms with Crippen LogP contribution in [-0.2, 0) is 4.79 Å². The molecule has 3 nitrogen and oxygen atoms in total. The van der Waals surface area contributed by atoms with E-state index in [4.69, 9.17) is 0 Å². The number of hydrogen-bond acceptors (Lipinski definition) is 2. The van der Waals surface area contributed by atoms with Gasteiger partial charge in [-0.25, -0.2) is 22.0 Å². The zero-order valence-corrected chi connectivity index (χ0v) is 10.4. The summed E-state index contributed by atoms with van der Waals surface area (Å²) in [5.41, 5.74) is -1.25. The number of amides is 1. The SMILES string of the molecule is C=CCNC(=O)C(C)Nc1c(F)c(F)c(F)c(F)c1F. The molecule has 1 rings (SSSR count). The van der Waals surface area contributed by atoms with Crippen molar-refractivity contribution in [2.75, 3.05) is 11.9 Å². The van der Waals surface area contributed by atoms with Crippen LogP contribution in [-0.4, -0.2) is 18.5 Å². The molecule has 1 atom stereocenters. The minimum absolute atomic E-state index is 0.0992. The Bertz CT molecular complexity index is 518. The largest absolute Gasteiger partial charge is 0.369 e. The van der Waals surface area contributed by atoms with Gasteiger partial charge in [-0.3, -0.25) is 4.79 Å². The van der Waals surface area contributed by atoms with Crippen LogP contribution in [0.1, 0.15) is 6.92 Å². The first kappa shape index (κ1) is 15.9. The summed E-state index contributed by atoms with van der Waals surface area (Å²) in [5, 5.41) is 4.26. The molecule has 1 amide bonds. The van der Waals surface area contributed by atoms with Crippen LogP contribution in [0.5, 0.6) is 0 Å². The van der Waals surface area contributed by atoms with Crippen molar-refractivity contribution < 1.29 is 26.7 Å². The van der Waals surface area contributed by atoms with Gasteiger partial charge in [-0.15, -0.1) is 6.58 Å². The smallest absolute Gasteiger partial charge is 0.242 e. The molecule has 0 aliphatic heterocycles. The molecule has 8 heteroatoms. The summed E-state index contributed by atoms with van der Waals surface area (Å²) in [7, 11) is 0. The fourth-order valence-electron chi connectivity index (χ4n) is 1.34. The third-order valence-corrected chi connectivity index (χ3v) is 2.38. The minimum Gasteiger partial charge on any atom is -0.369 e. The fraction of sp³-hybridized carbons (Fsp3) is 0.250. The monoisotopic (exact) mass is 294 g/mol. The van der Waals surface area contributed by atoms with Gasteiger partial charge in [0, 0.05) is 6.54 Å². The molecule has 110 valence electrons. The summed E-state index contributed by atoms with van der Waals surface area (Å²) in [4.78, 5) is 11.4. The molecule has 20 heavy (non-hydrogen) atoms. The van der Waals surface area contributed by atoms with Crippen LogP contribution in [0.25, 0.3) is 0 Å². The maximum atomic E-state index is 13.3. The van der Waals surface area contributed by atoms with E-state index in [9.17, 15) is 26.7 Å². The van der Waals surface area contributed by atoms with Crippen molar-refractivity contribution in [3.05, 3.63) is 41.7 Å². The number of carbonyl (C=O) groups is 1. The molecule has 0 heterocycles. The Morgan fingerprint density at radius 3 is 2.00 bits per heavy atom. The Kier molecular flexibility index (Phi) is 5.06. The lowest BCUT2D eigenvalue weighted by Gasteiger charge is -2.16. The molecular formula is C12H11F5N2O. The van der Waals surface area contributed by atoms with E-state index in [0.717, 1.165) is 0 Å². The Morgan fingerprint density at radius 2 is 1.55 bits per heavy atom. The number of rotatable bonds is 5. The lowest BCUT2D eigenvalue weighted by Crippen LogP contribution is -2.38. The molecule has 1 aromatic rings. The van der Waals surface area contributed by atoms with Crippen molar-refractivity contribution >= 4 is 11.6 Å². The highest BCUT2D eigenvalue weighted by atomic mass is 19.2. The van der Waals surface area contributed by atoms with Gasteiger partial charge in [0.1, 0.15) is 11.7 Å². The van der Waals surface area contributed by atoms with Gasteiger partial charge in [-0.05, 0) is 6.92 Å². The summed E-state index contributed by atoms with van der Waals surface area (Å²) in [5.74, 6) is -11.1. The Morgan fingerprint density at radius 1 is 1.10 bits per heavy atom. The number of halogens is 5. The molecule has 0 saturated carbocycles. The lowest BCUT2D eigenvalue weighted by atomic mass is 10.2. The third-order valence-electron chi connectivity index (χ3n) is 2.38. The summed E-state index contributed by atoms with van der Waals surface area (Å²) in [6, 6.07) is -1.21. The van der Waals surface area contributed by atoms with E-state index >= 15 is 0 Å². The van der Waals surface area contributed by atoms with Crippen LogP contribution >= 0.6 is 0 Å². The van der Waals surface area contributed by atoms with E-state index in [1.165, 1.54) is 13.0 Å². The predicted octanol–water partition coefficient (Wildman–Crippen LogP) is 2.48. The normalized spacial score (nSPS) is 11.9. The molecule has 0 fully saturated rings. The van der Waals surface area contributed by atoms with Crippen LogP contribution in [0.3, 0.4) is 0 Å². The summed E-state index contributed by atoms with van der Waals surface area (Å²) < 4.78 is 65.4. The van der Waals surface area contributed by atoms with Gasteiger partial charge < -0.3 is 10.6 Å². The maximum Gasteiger partial charge on any atom is 0.242 e.